The van der Waals surface area contributed by atoms with Gasteiger partial charge in [-0.05, 0) is 61.3 Å². The van der Waals surface area contributed by atoms with E-state index in [1.807, 2.05) is 0 Å². The third-order valence-corrected chi connectivity index (χ3v) is 5.99. The van der Waals surface area contributed by atoms with Crippen LogP contribution in [0.2, 0.25) is 0 Å². The van der Waals surface area contributed by atoms with Crippen molar-refractivity contribution in [3.63, 3.8) is 0 Å². The van der Waals surface area contributed by atoms with Crippen molar-refractivity contribution in [2.75, 3.05) is 13.1 Å². The van der Waals surface area contributed by atoms with Gasteiger partial charge in [-0.3, -0.25) is 9.88 Å². The van der Waals surface area contributed by atoms with Gasteiger partial charge < -0.3 is 4.57 Å². The number of hydrogen-bond donors (Lipinski definition) is 0. The lowest BCUT2D eigenvalue weighted by atomic mass is 9.94. The minimum atomic E-state index is -4.44. The van der Waals surface area contributed by atoms with Crippen LogP contribution in [0.25, 0.3) is 10.9 Å². The fourth-order valence-electron chi connectivity index (χ4n) is 4.68. The number of rotatable bonds is 2. The van der Waals surface area contributed by atoms with E-state index in [0.29, 0.717) is 18.0 Å². The van der Waals surface area contributed by atoms with E-state index in [1.54, 1.807) is 12.1 Å². The van der Waals surface area contributed by atoms with Crippen LogP contribution in [0.1, 0.15) is 41.3 Å². The summed E-state index contributed by atoms with van der Waals surface area (Å²) < 4.78 is 54.6. The van der Waals surface area contributed by atoms with Gasteiger partial charge in [0.1, 0.15) is 11.5 Å². The molecule has 3 nitrogen and oxygen atoms in total. The fraction of sp³-hybridized carbons (Fsp3) is 0.381. The number of piperidine rings is 1. The Hall–Kier alpha value is -2.41. The SMILES string of the molecule is Fc1ccc2c(c1)c1c(n2Cc2ccc(C(F)(F)F)nc2)C2CCN(CC2)C1. The summed E-state index contributed by atoms with van der Waals surface area (Å²) in [6.07, 6.45) is -1.04. The van der Waals surface area contributed by atoms with Gasteiger partial charge in [0.05, 0.1) is 0 Å². The number of alkyl halides is 3. The Balaban J connectivity index is 1.62. The second-order valence-corrected chi connectivity index (χ2v) is 7.71. The van der Waals surface area contributed by atoms with Crippen molar-refractivity contribution in [2.45, 2.75) is 38.0 Å². The highest BCUT2D eigenvalue weighted by Crippen LogP contribution is 2.41. The normalized spacial score (nSPS) is 21.7. The molecule has 1 aromatic carbocycles. The first-order valence-corrected chi connectivity index (χ1v) is 9.45. The van der Waals surface area contributed by atoms with Crippen LogP contribution in [-0.2, 0) is 19.3 Å². The monoisotopic (exact) mass is 389 g/mol. The Morgan fingerprint density at radius 1 is 1.07 bits per heavy atom. The van der Waals surface area contributed by atoms with E-state index in [1.165, 1.54) is 24.0 Å². The molecule has 3 aromatic rings. The highest BCUT2D eigenvalue weighted by molar-refractivity contribution is 5.86. The maximum atomic E-state index is 14.0. The van der Waals surface area contributed by atoms with Crippen LogP contribution < -0.4 is 0 Å². The van der Waals surface area contributed by atoms with Gasteiger partial charge in [0.15, 0.2) is 0 Å². The summed E-state index contributed by atoms with van der Waals surface area (Å²) in [6, 6.07) is 7.31. The third kappa shape index (κ3) is 2.89. The molecule has 0 spiro atoms. The lowest BCUT2D eigenvalue weighted by Crippen LogP contribution is -2.29. The molecule has 3 aliphatic rings. The van der Waals surface area contributed by atoms with Crippen LogP contribution >= 0.6 is 0 Å². The van der Waals surface area contributed by atoms with Crippen LogP contribution in [0.4, 0.5) is 17.6 Å². The summed E-state index contributed by atoms with van der Waals surface area (Å²) in [5.41, 5.74) is 3.12. The molecular weight excluding hydrogens is 370 g/mol. The first kappa shape index (κ1) is 17.7. The van der Waals surface area contributed by atoms with Crippen LogP contribution in [0.3, 0.4) is 0 Å². The molecule has 2 aromatic heterocycles. The van der Waals surface area contributed by atoms with Gasteiger partial charge in [-0.1, -0.05) is 6.07 Å². The van der Waals surface area contributed by atoms with Gasteiger partial charge in [0.2, 0.25) is 0 Å². The second-order valence-electron chi connectivity index (χ2n) is 7.71. The lowest BCUT2D eigenvalue weighted by molar-refractivity contribution is -0.141. The Morgan fingerprint density at radius 3 is 2.54 bits per heavy atom. The lowest BCUT2D eigenvalue weighted by Gasteiger charge is -2.27. The molecule has 3 aliphatic heterocycles. The Morgan fingerprint density at radius 2 is 1.86 bits per heavy atom. The van der Waals surface area contributed by atoms with Crippen molar-refractivity contribution < 1.29 is 17.6 Å². The third-order valence-electron chi connectivity index (χ3n) is 5.99. The topological polar surface area (TPSA) is 21.1 Å². The summed E-state index contributed by atoms with van der Waals surface area (Å²) in [5.74, 6) is 0.127. The largest absolute Gasteiger partial charge is 0.433 e. The molecule has 5 heterocycles. The van der Waals surface area contributed by atoms with Crippen molar-refractivity contribution in [1.29, 1.82) is 0 Å². The summed E-state index contributed by atoms with van der Waals surface area (Å²) in [7, 11) is 0. The fourth-order valence-corrected chi connectivity index (χ4v) is 4.68. The maximum absolute atomic E-state index is 14.0. The van der Waals surface area contributed by atoms with Crippen molar-refractivity contribution in [3.05, 3.63) is 64.9 Å². The number of fused-ring (bicyclic) bond motifs is 3. The molecule has 0 amide bonds. The van der Waals surface area contributed by atoms with Crippen molar-refractivity contribution in [1.82, 2.24) is 14.5 Å². The van der Waals surface area contributed by atoms with Gasteiger partial charge in [-0.2, -0.15) is 13.2 Å². The molecule has 0 atom stereocenters. The number of nitrogens with zero attached hydrogens (tertiary/aromatic N) is 3. The first-order chi connectivity index (χ1) is 13.4. The van der Waals surface area contributed by atoms with E-state index < -0.39 is 11.9 Å². The molecule has 0 aliphatic carbocycles. The summed E-state index contributed by atoms with van der Waals surface area (Å²) in [6.45, 7) is 3.28. The minimum Gasteiger partial charge on any atom is -0.339 e. The average Bonchev–Trinajstić information content (AvgIpc) is 2.80. The van der Waals surface area contributed by atoms with E-state index >= 15 is 0 Å². The van der Waals surface area contributed by atoms with Crippen molar-refractivity contribution >= 4 is 10.9 Å². The molecular formula is C21H19F4N3. The molecule has 0 N–H and O–H groups in total. The van der Waals surface area contributed by atoms with Gasteiger partial charge >= 0.3 is 6.18 Å². The van der Waals surface area contributed by atoms with Crippen molar-refractivity contribution in [2.24, 2.45) is 0 Å². The zero-order valence-electron chi connectivity index (χ0n) is 15.1. The second kappa shape index (κ2) is 6.30. The zero-order chi connectivity index (χ0) is 19.5. The van der Waals surface area contributed by atoms with E-state index in [0.717, 1.165) is 55.0 Å². The van der Waals surface area contributed by atoms with Gasteiger partial charge in [-0.15, -0.1) is 0 Å². The molecule has 0 radical (unpaired) electrons. The molecule has 2 bridgehead atoms. The summed E-state index contributed by atoms with van der Waals surface area (Å²) in [5, 5.41) is 0.911. The highest BCUT2D eigenvalue weighted by atomic mass is 19.4. The van der Waals surface area contributed by atoms with E-state index in [2.05, 4.69) is 14.5 Å². The van der Waals surface area contributed by atoms with Gasteiger partial charge in [-0.25, -0.2) is 4.39 Å². The van der Waals surface area contributed by atoms with E-state index in [-0.39, 0.29) is 5.82 Å². The quantitative estimate of drug-likeness (QED) is 0.579. The molecule has 6 rings (SSSR count). The highest BCUT2D eigenvalue weighted by Gasteiger charge is 2.34. The minimum absolute atomic E-state index is 0.268. The van der Waals surface area contributed by atoms with Gasteiger partial charge in [0.25, 0.3) is 0 Å². The van der Waals surface area contributed by atoms with Crippen LogP contribution in [0, 0.1) is 5.82 Å². The van der Waals surface area contributed by atoms with Crippen LogP contribution in [-0.4, -0.2) is 27.5 Å². The standard InChI is InChI=1S/C21H19F4N3/c22-15-2-3-18-16(9-15)17-12-27-7-5-14(6-8-27)20(17)28(18)11-13-1-4-19(26-10-13)21(23,24)25/h1-4,9-10,14H,5-8,11-12H2. The number of aromatic nitrogens is 2. The summed E-state index contributed by atoms with van der Waals surface area (Å²) in [4.78, 5) is 6.00. The predicted octanol–water partition coefficient (Wildman–Crippen LogP) is 4.94. The predicted molar refractivity (Wildman–Crippen MR) is 97.5 cm³/mol. The first-order valence-electron chi connectivity index (χ1n) is 9.45. The molecule has 1 fully saturated rings. The maximum Gasteiger partial charge on any atom is 0.433 e. The molecule has 7 heteroatoms. The van der Waals surface area contributed by atoms with Crippen LogP contribution in [0.15, 0.2) is 36.5 Å². The Bertz CT molecular complexity index is 1030. The molecule has 146 valence electrons. The average molecular weight is 389 g/mol. The zero-order valence-corrected chi connectivity index (χ0v) is 15.1. The van der Waals surface area contributed by atoms with Crippen molar-refractivity contribution in [3.8, 4) is 0 Å². The number of pyridine rings is 1. The summed E-state index contributed by atoms with van der Waals surface area (Å²) >= 11 is 0. The Kier molecular flexibility index (Phi) is 3.98. The molecule has 28 heavy (non-hydrogen) atoms. The number of halogens is 4. The van der Waals surface area contributed by atoms with Gasteiger partial charge in [0, 0.05) is 41.8 Å². The van der Waals surface area contributed by atoms with E-state index in [9.17, 15) is 17.6 Å². The number of benzene rings is 1. The Labute approximate surface area is 159 Å². The molecule has 0 unspecified atom stereocenters. The van der Waals surface area contributed by atoms with E-state index in [4.69, 9.17) is 0 Å². The molecule has 1 saturated heterocycles. The number of hydrogen-bond acceptors (Lipinski definition) is 2. The molecule has 0 saturated carbocycles. The smallest absolute Gasteiger partial charge is 0.339 e. The van der Waals surface area contributed by atoms with Crippen LogP contribution in [0.5, 0.6) is 0 Å².